The molecule has 0 saturated carbocycles. The van der Waals surface area contributed by atoms with Crippen molar-refractivity contribution in [2.45, 2.75) is 45.6 Å². The predicted molar refractivity (Wildman–Crippen MR) is 104 cm³/mol. The van der Waals surface area contributed by atoms with E-state index >= 15 is 0 Å². The summed E-state index contributed by atoms with van der Waals surface area (Å²) >= 11 is 1.65. The van der Waals surface area contributed by atoms with Gasteiger partial charge < -0.3 is 4.74 Å². The van der Waals surface area contributed by atoms with E-state index in [1.54, 1.807) is 11.3 Å². The number of thiophene rings is 1. The molecule has 26 heavy (non-hydrogen) atoms. The fraction of sp³-hybridized carbons (Fsp3) is 0.450. The molecule has 1 atom stereocenters. The maximum atomic E-state index is 12.9. The van der Waals surface area contributed by atoms with Crippen LogP contribution in [0.1, 0.15) is 36.6 Å². The Morgan fingerprint density at radius 3 is 2.96 bits per heavy atom. The average molecular weight is 369 g/mol. The summed E-state index contributed by atoms with van der Waals surface area (Å²) in [6.45, 7) is 3.50. The molecule has 6 heteroatoms. The molecular weight excluding hydrogens is 346 g/mol. The zero-order valence-electron chi connectivity index (χ0n) is 15.0. The Labute approximate surface area is 156 Å². The molecule has 0 spiro atoms. The summed E-state index contributed by atoms with van der Waals surface area (Å²) in [5, 5.41) is 9.28. The highest BCUT2D eigenvalue weighted by atomic mass is 32.1. The molecule has 0 saturated heterocycles. The van der Waals surface area contributed by atoms with Crippen LogP contribution in [0.25, 0.3) is 10.2 Å². The minimum Gasteiger partial charge on any atom is -0.494 e. The maximum Gasteiger partial charge on any atom is 0.278 e. The number of aryl methyl sites for hydroxylation is 2. The molecule has 0 N–H and O–H groups in total. The van der Waals surface area contributed by atoms with Gasteiger partial charge in [-0.25, -0.2) is 4.68 Å². The van der Waals surface area contributed by atoms with Crippen LogP contribution in [0.5, 0.6) is 5.75 Å². The normalized spacial score (nSPS) is 16.6. The zero-order valence-corrected chi connectivity index (χ0v) is 15.8. The van der Waals surface area contributed by atoms with Gasteiger partial charge in [-0.15, -0.1) is 16.4 Å². The summed E-state index contributed by atoms with van der Waals surface area (Å²) in [6.07, 6.45) is 4.92. The second kappa shape index (κ2) is 7.58. The Morgan fingerprint density at radius 2 is 2.12 bits per heavy atom. The Kier molecular flexibility index (Phi) is 5.02. The van der Waals surface area contributed by atoms with Crippen molar-refractivity contribution in [2.75, 3.05) is 6.61 Å². The van der Waals surface area contributed by atoms with E-state index in [-0.39, 0.29) is 5.56 Å². The third-order valence-electron chi connectivity index (χ3n) is 4.96. The molecule has 1 aliphatic carbocycles. The molecule has 0 bridgehead atoms. The van der Waals surface area contributed by atoms with Crippen molar-refractivity contribution in [3.8, 4) is 5.75 Å². The number of rotatable bonds is 6. The van der Waals surface area contributed by atoms with E-state index in [0.717, 1.165) is 48.1 Å². The lowest BCUT2D eigenvalue weighted by Crippen LogP contribution is -2.25. The summed E-state index contributed by atoms with van der Waals surface area (Å²) in [5.41, 5.74) is 1.25. The van der Waals surface area contributed by atoms with Gasteiger partial charge in [0.2, 0.25) is 0 Å². The van der Waals surface area contributed by atoms with Crippen molar-refractivity contribution in [3.63, 3.8) is 0 Å². The van der Waals surface area contributed by atoms with E-state index in [1.165, 1.54) is 15.1 Å². The quantitative estimate of drug-likeness (QED) is 0.620. The topological polar surface area (TPSA) is 57.0 Å². The molecule has 1 aliphatic rings. The average Bonchev–Trinajstić information content (AvgIpc) is 3.02. The van der Waals surface area contributed by atoms with E-state index < -0.39 is 0 Å². The van der Waals surface area contributed by atoms with Crippen LogP contribution in [-0.4, -0.2) is 21.6 Å². The molecule has 136 valence electrons. The summed E-state index contributed by atoms with van der Waals surface area (Å²) in [4.78, 5) is 15.0. The first-order valence-corrected chi connectivity index (χ1v) is 10.1. The van der Waals surface area contributed by atoms with E-state index in [4.69, 9.17) is 4.74 Å². The summed E-state index contributed by atoms with van der Waals surface area (Å²) in [6, 6.07) is 9.79. The maximum absolute atomic E-state index is 12.9. The van der Waals surface area contributed by atoms with E-state index in [9.17, 15) is 4.79 Å². The lowest BCUT2D eigenvalue weighted by molar-refractivity contribution is 0.300. The van der Waals surface area contributed by atoms with E-state index in [2.05, 4.69) is 17.2 Å². The number of aromatic nitrogens is 3. The first-order valence-electron chi connectivity index (χ1n) is 9.28. The van der Waals surface area contributed by atoms with Crippen LogP contribution in [0.2, 0.25) is 0 Å². The minimum atomic E-state index is 0.0195. The van der Waals surface area contributed by atoms with Crippen molar-refractivity contribution in [2.24, 2.45) is 5.92 Å². The molecule has 4 rings (SSSR count). The van der Waals surface area contributed by atoms with Crippen molar-refractivity contribution in [1.29, 1.82) is 0 Å². The molecule has 0 aliphatic heterocycles. The predicted octanol–water partition coefficient (Wildman–Crippen LogP) is 3.84. The number of unbranched alkanes of at least 4 members (excludes halogenated alkanes) is 1. The molecule has 0 amide bonds. The van der Waals surface area contributed by atoms with Crippen LogP contribution < -0.4 is 10.3 Å². The van der Waals surface area contributed by atoms with Gasteiger partial charge in [0.1, 0.15) is 5.75 Å². The number of ether oxygens (including phenoxy) is 1. The summed E-state index contributed by atoms with van der Waals surface area (Å²) < 4.78 is 7.22. The first kappa shape index (κ1) is 17.2. The van der Waals surface area contributed by atoms with Gasteiger partial charge in [-0.2, -0.15) is 0 Å². The third kappa shape index (κ3) is 3.51. The van der Waals surface area contributed by atoms with Crippen LogP contribution >= 0.6 is 11.3 Å². The number of nitrogens with zero attached hydrogens (tertiary/aromatic N) is 3. The number of hydrogen-bond donors (Lipinski definition) is 0. The van der Waals surface area contributed by atoms with Gasteiger partial charge in [0, 0.05) is 11.4 Å². The van der Waals surface area contributed by atoms with Gasteiger partial charge in [-0.1, -0.05) is 30.3 Å². The van der Waals surface area contributed by atoms with E-state index in [1.807, 2.05) is 30.3 Å². The van der Waals surface area contributed by atoms with Gasteiger partial charge in [-0.3, -0.25) is 4.79 Å². The zero-order chi connectivity index (χ0) is 17.9. The van der Waals surface area contributed by atoms with Gasteiger partial charge in [0.25, 0.3) is 5.56 Å². The number of benzene rings is 1. The van der Waals surface area contributed by atoms with Gasteiger partial charge >= 0.3 is 0 Å². The molecule has 0 unspecified atom stereocenters. The lowest BCUT2D eigenvalue weighted by Gasteiger charge is -2.17. The third-order valence-corrected chi connectivity index (χ3v) is 6.10. The largest absolute Gasteiger partial charge is 0.494 e. The molecule has 0 fully saturated rings. The van der Waals surface area contributed by atoms with Crippen molar-refractivity contribution in [3.05, 3.63) is 51.1 Å². The van der Waals surface area contributed by atoms with E-state index in [0.29, 0.717) is 19.1 Å². The van der Waals surface area contributed by atoms with Crippen molar-refractivity contribution < 1.29 is 4.74 Å². The highest BCUT2D eigenvalue weighted by molar-refractivity contribution is 7.18. The molecule has 3 aromatic rings. The van der Waals surface area contributed by atoms with Crippen LogP contribution in [-0.2, 0) is 19.4 Å². The molecule has 0 radical (unpaired) electrons. The molecule has 1 aromatic carbocycles. The van der Waals surface area contributed by atoms with Crippen molar-refractivity contribution >= 4 is 21.6 Å². The molecule has 2 aromatic heterocycles. The fourth-order valence-corrected chi connectivity index (χ4v) is 4.83. The van der Waals surface area contributed by atoms with Gasteiger partial charge in [0.15, 0.2) is 4.83 Å². The Hall–Kier alpha value is -2.21. The Morgan fingerprint density at radius 1 is 1.27 bits per heavy atom. The monoisotopic (exact) mass is 369 g/mol. The molecular formula is C20H23N3O2S. The van der Waals surface area contributed by atoms with Gasteiger partial charge in [0.05, 0.1) is 12.0 Å². The fourth-order valence-electron chi connectivity index (χ4n) is 3.51. The van der Waals surface area contributed by atoms with Crippen LogP contribution in [0.15, 0.2) is 35.1 Å². The summed E-state index contributed by atoms with van der Waals surface area (Å²) in [5.74, 6) is 1.57. The smallest absolute Gasteiger partial charge is 0.278 e. The second-order valence-corrected chi connectivity index (χ2v) is 8.10. The number of para-hydroxylation sites is 1. The lowest BCUT2D eigenvalue weighted by atomic mass is 9.89. The highest BCUT2D eigenvalue weighted by Crippen LogP contribution is 2.35. The Balaban J connectivity index is 1.41. The van der Waals surface area contributed by atoms with Crippen LogP contribution in [0.3, 0.4) is 0 Å². The highest BCUT2D eigenvalue weighted by Gasteiger charge is 2.23. The Bertz CT molecular complexity index is 949. The molecule has 2 heterocycles. The standard InChI is InChI=1S/C20H23N3O2S/c1-14-9-10-16-17(13-14)26-19-18(16)20(24)23(22-21-19)11-5-6-12-25-15-7-3-2-4-8-15/h2-4,7-8,14H,5-6,9-13H2,1H3/t14-/m0/s1. The minimum absolute atomic E-state index is 0.0195. The van der Waals surface area contributed by atoms with Crippen LogP contribution in [0, 0.1) is 5.92 Å². The van der Waals surface area contributed by atoms with Crippen molar-refractivity contribution in [1.82, 2.24) is 15.0 Å². The van der Waals surface area contributed by atoms with Gasteiger partial charge in [-0.05, 0) is 55.7 Å². The number of hydrogen-bond acceptors (Lipinski definition) is 5. The molecule has 5 nitrogen and oxygen atoms in total. The first-order chi connectivity index (χ1) is 12.7. The SMILES string of the molecule is C[C@H]1CCc2c(sc3nnn(CCCCOc4ccccc4)c(=O)c23)C1. The number of fused-ring (bicyclic) bond motifs is 3. The summed E-state index contributed by atoms with van der Waals surface area (Å²) in [7, 11) is 0. The second-order valence-electron chi connectivity index (χ2n) is 7.02. The van der Waals surface area contributed by atoms with Crippen LogP contribution in [0.4, 0.5) is 0 Å².